The number of carbonyl (C=O) groups is 1. The molecule has 0 saturated carbocycles. The van der Waals surface area contributed by atoms with Crippen molar-refractivity contribution in [3.05, 3.63) is 71.7 Å². The van der Waals surface area contributed by atoms with Crippen LogP contribution in [0.5, 0.6) is 0 Å². The van der Waals surface area contributed by atoms with Crippen molar-refractivity contribution in [2.24, 2.45) is 0 Å². The Hall–Kier alpha value is -2.96. The van der Waals surface area contributed by atoms with Gasteiger partial charge in [0, 0.05) is 34.9 Å². The van der Waals surface area contributed by atoms with E-state index in [1.54, 1.807) is 11.3 Å². The molecular weight excluding hydrogens is 430 g/mol. The second-order valence-corrected chi connectivity index (χ2v) is 9.55. The first-order valence-corrected chi connectivity index (χ1v) is 12.5. The van der Waals surface area contributed by atoms with E-state index in [1.165, 1.54) is 26.4 Å². The number of benzene rings is 2. The van der Waals surface area contributed by atoms with E-state index in [9.17, 15) is 4.79 Å². The van der Waals surface area contributed by atoms with E-state index < -0.39 is 0 Å². The summed E-state index contributed by atoms with van der Waals surface area (Å²) in [7, 11) is 0. The van der Waals surface area contributed by atoms with Gasteiger partial charge in [-0.3, -0.25) is 4.79 Å². The second kappa shape index (κ2) is 9.89. The number of pyridine rings is 1. The van der Waals surface area contributed by atoms with Gasteiger partial charge in [0.1, 0.15) is 5.82 Å². The van der Waals surface area contributed by atoms with Crippen molar-refractivity contribution in [3.8, 4) is 0 Å². The van der Waals surface area contributed by atoms with Gasteiger partial charge in [0.25, 0.3) is 0 Å². The van der Waals surface area contributed by atoms with Gasteiger partial charge >= 0.3 is 5.97 Å². The fraction of sp³-hybridized carbons (Fsp3) is 0.333. The maximum absolute atomic E-state index is 11.9. The molecule has 5 rings (SSSR count). The maximum atomic E-state index is 11.9. The van der Waals surface area contributed by atoms with Gasteiger partial charge in [0.2, 0.25) is 0 Å². The summed E-state index contributed by atoms with van der Waals surface area (Å²) in [4.78, 5) is 19.2. The van der Waals surface area contributed by atoms with Crippen molar-refractivity contribution in [1.82, 2.24) is 10.3 Å². The van der Waals surface area contributed by atoms with Gasteiger partial charge in [0.05, 0.1) is 13.2 Å². The number of piperidine rings is 1. The molecule has 0 bridgehead atoms. The molecule has 0 radical (unpaired) electrons. The molecule has 1 aliphatic heterocycles. The summed E-state index contributed by atoms with van der Waals surface area (Å²) in [6.45, 7) is 3.42. The molecule has 2 atom stereocenters. The molecule has 1 N–H and O–H groups in total. The van der Waals surface area contributed by atoms with Crippen LogP contribution in [0, 0.1) is 0 Å². The van der Waals surface area contributed by atoms with E-state index in [0.29, 0.717) is 6.61 Å². The monoisotopic (exact) mass is 459 g/mol. The van der Waals surface area contributed by atoms with Crippen LogP contribution in [0.1, 0.15) is 25.3 Å². The van der Waals surface area contributed by atoms with E-state index >= 15 is 0 Å². The standard InChI is InChI=1S/C27H29N3O2S/c1-2-32-26(31)18-29-22-10-13-30(27-24-11-14-33-25(24)9-12-28-27)23(17-22)16-19-7-8-20-5-3-4-6-21(20)15-19/h3-9,11-12,14-15,22-23,29H,2,10,13,16-18H2,1H3. The van der Waals surface area contributed by atoms with Crippen LogP contribution in [-0.2, 0) is 16.0 Å². The molecule has 4 aromatic rings. The minimum absolute atomic E-state index is 0.185. The van der Waals surface area contributed by atoms with Crippen molar-refractivity contribution in [1.29, 1.82) is 0 Å². The van der Waals surface area contributed by atoms with Crippen LogP contribution in [0.25, 0.3) is 20.9 Å². The zero-order chi connectivity index (χ0) is 22.6. The van der Waals surface area contributed by atoms with E-state index in [-0.39, 0.29) is 24.6 Å². The van der Waals surface area contributed by atoms with Gasteiger partial charge in [-0.2, -0.15) is 0 Å². The lowest BCUT2D eigenvalue weighted by atomic mass is 9.91. The third-order valence-corrected chi connectivity index (χ3v) is 7.35. The van der Waals surface area contributed by atoms with Crippen LogP contribution >= 0.6 is 11.3 Å². The first-order valence-electron chi connectivity index (χ1n) is 11.7. The van der Waals surface area contributed by atoms with E-state index in [1.807, 2.05) is 13.1 Å². The number of thiophene rings is 1. The van der Waals surface area contributed by atoms with Gasteiger partial charge in [-0.25, -0.2) is 4.98 Å². The number of nitrogens with one attached hydrogen (secondary N) is 1. The number of ether oxygens (including phenoxy) is 1. The van der Waals surface area contributed by atoms with Crippen LogP contribution in [0.3, 0.4) is 0 Å². The zero-order valence-corrected chi connectivity index (χ0v) is 19.7. The number of aromatic nitrogens is 1. The van der Waals surface area contributed by atoms with Crippen LogP contribution in [0.4, 0.5) is 5.82 Å². The topological polar surface area (TPSA) is 54.5 Å². The molecule has 6 heteroatoms. The first kappa shape index (κ1) is 21.9. The number of carbonyl (C=O) groups excluding carboxylic acids is 1. The largest absolute Gasteiger partial charge is 0.465 e. The highest BCUT2D eigenvalue weighted by Crippen LogP contribution is 2.33. The normalized spacial score (nSPS) is 18.6. The van der Waals surface area contributed by atoms with Crippen LogP contribution in [0.2, 0.25) is 0 Å². The number of rotatable bonds is 7. The summed E-state index contributed by atoms with van der Waals surface area (Å²) in [5.41, 5.74) is 1.33. The Balaban J connectivity index is 1.41. The summed E-state index contributed by atoms with van der Waals surface area (Å²) >= 11 is 1.76. The molecule has 3 heterocycles. The van der Waals surface area contributed by atoms with Gasteiger partial charge < -0.3 is 15.0 Å². The van der Waals surface area contributed by atoms with Gasteiger partial charge in [0.15, 0.2) is 0 Å². The van der Waals surface area contributed by atoms with Crippen LogP contribution in [0.15, 0.2) is 66.2 Å². The highest BCUT2D eigenvalue weighted by molar-refractivity contribution is 7.17. The minimum Gasteiger partial charge on any atom is -0.465 e. The van der Waals surface area contributed by atoms with Crippen molar-refractivity contribution in [2.45, 2.75) is 38.3 Å². The lowest BCUT2D eigenvalue weighted by Crippen LogP contribution is -2.51. The number of hydrogen-bond acceptors (Lipinski definition) is 6. The van der Waals surface area contributed by atoms with E-state index in [2.05, 4.69) is 70.2 Å². The first-order chi connectivity index (χ1) is 16.2. The maximum Gasteiger partial charge on any atom is 0.319 e. The molecule has 1 aliphatic rings. The van der Waals surface area contributed by atoms with Crippen LogP contribution < -0.4 is 10.2 Å². The molecule has 2 aromatic carbocycles. The Morgan fingerprint density at radius 2 is 2.06 bits per heavy atom. The number of nitrogens with zero attached hydrogens (tertiary/aromatic N) is 2. The van der Waals surface area contributed by atoms with Crippen molar-refractivity contribution >= 4 is 44.0 Å². The Bertz CT molecular complexity index is 1250. The summed E-state index contributed by atoms with van der Waals surface area (Å²) in [5, 5.41) is 9.34. The van der Waals surface area contributed by atoms with Gasteiger partial charge in [-0.05, 0) is 60.0 Å². The summed E-state index contributed by atoms with van der Waals surface area (Å²) in [5.74, 6) is 0.888. The molecular formula is C27H29N3O2S. The van der Waals surface area contributed by atoms with Crippen molar-refractivity contribution in [2.75, 3.05) is 24.6 Å². The average molecular weight is 460 g/mol. The average Bonchev–Trinajstić information content (AvgIpc) is 3.32. The molecule has 0 spiro atoms. The molecule has 5 nitrogen and oxygen atoms in total. The Morgan fingerprint density at radius 1 is 1.18 bits per heavy atom. The molecule has 2 aromatic heterocycles. The van der Waals surface area contributed by atoms with Crippen molar-refractivity contribution in [3.63, 3.8) is 0 Å². The molecule has 1 saturated heterocycles. The SMILES string of the molecule is CCOC(=O)CNC1CCN(c2nccc3sccc23)C(Cc2ccc3ccccc3c2)C1. The molecule has 33 heavy (non-hydrogen) atoms. The number of anilines is 1. The van der Waals surface area contributed by atoms with Crippen molar-refractivity contribution < 1.29 is 9.53 Å². The second-order valence-electron chi connectivity index (χ2n) is 8.61. The molecule has 2 unspecified atom stereocenters. The Morgan fingerprint density at radius 3 is 2.94 bits per heavy atom. The van der Waals surface area contributed by atoms with Gasteiger partial charge in [-0.15, -0.1) is 11.3 Å². The quantitative estimate of drug-likeness (QED) is 0.386. The molecule has 1 fully saturated rings. The van der Waals surface area contributed by atoms with E-state index in [4.69, 9.17) is 9.72 Å². The fourth-order valence-corrected chi connectivity index (χ4v) is 5.67. The minimum atomic E-state index is -0.185. The zero-order valence-electron chi connectivity index (χ0n) is 18.9. The summed E-state index contributed by atoms with van der Waals surface area (Å²) in [6.07, 6.45) is 4.78. The number of hydrogen-bond donors (Lipinski definition) is 1. The molecule has 0 amide bonds. The highest BCUT2D eigenvalue weighted by Gasteiger charge is 2.30. The lowest BCUT2D eigenvalue weighted by Gasteiger charge is -2.41. The third-order valence-electron chi connectivity index (χ3n) is 6.47. The summed E-state index contributed by atoms with van der Waals surface area (Å²) in [6, 6.07) is 20.1. The number of esters is 1. The predicted molar refractivity (Wildman–Crippen MR) is 136 cm³/mol. The Kier molecular flexibility index (Phi) is 6.55. The Labute approximate surface area is 198 Å². The molecule has 170 valence electrons. The predicted octanol–water partition coefficient (Wildman–Crippen LogP) is 5.18. The molecule has 0 aliphatic carbocycles. The van der Waals surface area contributed by atoms with E-state index in [0.717, 1.165) is 31.6 Å². The third kappa shape index (κ3) is 4.87. The lowest BCUT2D eigenvalue weighted by molar-refractivity contribution is -0.142. The number of fused-ring (bicyclic) bond motifs is 2. The summed E-state index contributed by atoms with van der Waals surface area (Å²) < 4.78 is 6.38. The van der Waals surface area contributed by atoms with Crippen LogP contribution in [-0.4, -0.2) is 42.7 Å². The fourth-order valence-electron chi connectivity index (χ4n) is 4.90. The smallest absolute Gasteiger partial charge is 0.319 e. The van der Waals surface area contributed by atoms with Gasteiger partial charge in [-0.1, -0.05) is 42.5 Å². The highest BCUT2D eigenvalue weighted by atomic mass is 32.1.